The molecule has 6 rings (SSSR count). The van der Waals surface area contributed by atoms with Crippen LogP contribution in [0.1, 0.15) is 43.0 Å². The van der Waals surface area contributed by atoms with E-state index in [-0.39, 0.29) is 44.1 Å². The number of rotatable bonds is 7. The smallest absolute Gasteiger partial charge is 0.335 e. The molecule has 0 aliphatic carbocycles. The van der Waals surface area contributed by atoms with E-state index >= 15 is 0 Å². The van der Waals surface area contributed by atoms with E-state index in [9.17, 15) is 39.0 Å². The minimum atomic E-state index is -1.10. The highest BCUT2D eigenvalue weighted by Gasteiger charge is 2.20. The number of aromatic amines is 2. The average molecular weight is 661 g/mol. The van der Waals surface area contributed by atoms with Gasteiger partial charge < -0.3 is 10.2 Å². The van der Waals surface area contributed by atoms with Gasteiger partial charge >= 0.3 is 11.9 Å². The third-order valence-electron chi connectivity index (χ3n) is 8.47. The van der Waals surface area contributed by atoms with E-state index in [1.54, 1.807) is 19.9 Å². The first-order valence-corrected chi connectivity index (χ1v) is 14.8. The highest BCUT2D eigenvalue weighted by molar-refractivity contribution is 5.89. The van der Waals surface area contributed by atoms with Gasteiger partial charge in [0.15, 0.2) is 0 Å². The number of carboxylic acid groups (broad SMARTS) is 2. The van der Waals surface area contributed by atoms with Crippen LogP contribution >= 0.6 is 0 Å². The second kappa shape index (κ2) is 12.0. The van der Waals surface area contributed by atoms with E-state index in [0.29, 0.717) is 33.8 Å². The molecule has 2 aromatic carbocycles. The summed E-state index contributed by atoms with van der Waals surface area (Å²) in [6, 6.07) is 11.5. The molecule has 246 valence electrons. The average Bonchev–Trinajstić information content (AvgIpc) is 3.62. The summed E-state index contributed by atoms with van der Waals surface area (Å²) in [7, 11) is 3.05. The maximum absolute atomic E-state index is 13.4. The summed E-state index contributed by atoms with van der Waals surface area (Å²) in [5.41, 5.74) is 4.16. The van der Waals surface area contributed by atoms with Crippen LogP contribution in [0.25, 0.3) is 45.6 Å². The molecule has 0 radical (unpaired) electrons. The maximum atomic E-state index is 13.4. The Morgan fingerprint density at radius 1 is 0.653 bits per heavy atom. The summed E-state index contributed by atoms with van der Waals surface area (Å²) in [6.07, 6.45) is 6.01. The van der Waals surface area contributed by atoms with Crippen LogP contribution < -0.4 is 22.2 Å². The van der Waals surface area contributed by atoms with Crippen molar-refractivity contribution >= 4 is 46.2 Å². The Kier molecular flexibility index (Phi) is 7.86. The zero-order chi connectivity index (χ0) is 35.3. The van der Waals surface area contributed by atoms with E-state index in [4.69, 9.17) is 0 Å². The van der Waals surface area contributed by atoms with Crippen LogP contribution in [-0.4, -0.2) is 50.8 Å². The van der Waals surface area contributed by atoms with E-state index in [2.05, 4.69) is 15.9 Å². The summed E-state index contributed by atoms with van der Waals surface area (Å²) in [6.45, 7) is 3.30. The molecule has 6 aromatic rings. The lowest BCUT2D eigenvalue weighted by Gasteiger charge is -2.05. The lowest BCUT2D eigenvalue weighted by Crippen LogP contribution is -2.22. The molecule has 4 aromatic heterocycles. The van der Waals surface area contributed by atoms with Gasteiger partial charge in [-0.05, 0) is 91.7 Å². The fourth-order valence-corrected chi connectivity index (χ4v) is 5.73. The largest absolute Gasteiger partial charge is 0.478 e. The second-order valence-corrected chi connectivity index (χ2v) is 11.3. The number of hydrogen-bond donors (Lipinski definition) is 4. The van der Waals surface area contributed by atoms with Crippen molar-refractivity contribution in [1.82, 2.24) is 28.7 Å². The Morgan fingerprint density at radius 2 is 1.06 bits per heavy atom. The summed E-state index contributed by atoms with van der Waals surface area (Å²) in [5, 5.41) is 24.8. The first-order valence-electron chi connectivity index (χ1n) is 14.8. The number of aryl methyl sites for hydroxylation is 4. The Labute approximate surface area is 275 Å². The van der Waals surface area contributed by atoms with Crippen LogP contribution in [0.15, 0.2) is 85.6 Å². The van der Waals surface area contributed by atoms with Gasteiger partial charge in [0, 0.05) is 19.7 Å². The van der Waals surface area contributed by atoms with Crippen molar-refractivity contribution in [2.24, 2.45) is 14.1 Å². The molecule has 0 aliphatic rings. The van der Waals surface area contributed by atoms with Crippen molar-refractivity contribution in [3.8, 4) is 11.4 Å². The van der Waals surface area contributed by atoms with Crippen molar-refractivity contribution in [3.05, 3.63) is 141 Å². The van der Waals surface area contributed by atoms with Gasteiger partial charge in [-0.15, -0.1) is 5.73 Å². The van der Waals surface area contributed by atoms with E-state index in [1.165, 1.54) is 99.4 Å². The summed E-state index contributed by atoms with van der Waals surface area (Å²) >= 11 is 0. The molecule has 14 heteroatoms. The van der Waals surface area contributed by atoms with Gasteiger partial charge in [0.25, 0.3) is 22.2 Å². The number of fused-ring (bicyclic) bond motifs is 2. The normalized spacial score (nSPS) is 11.3. The number of hydrogen-bond acceptors (Lipinski definition) is 6. The Morgan fingerprint density at radius 3 is 1.49 bits per heavy atom. The molecule has 0 fully saturated rings. The molecule has 14 nitrogen and oxygen atoms in total. The first-order chi connectivity index (χ1) is 23.3. The fraction of sp³-hybridized carbons (Fsp3) is 0.114. The molecule has 0 saturated carbocycles. The van der Waals surface area contributed by atoms with Crippen molar-refractivity contribution < 1.29 is 19.8 Å². The van der Waals surface area contributed by atoms with Crippen LogP contribution in [-0.2, 0) is 14.1 Å². The van der Waals surface area contributed by atoms with Crippen molar-refractivity contribution in [2.45, 2.75) is 13.8 Å². The summed E-state index contributed by atoms with van der Waals surface area (Å²) < 4.78 is 5.11. The summed E-state index contributed by atoms with van der Waals surface area (Å²) in [5.74, 6) is -2.19. The molecule has 0 bridgehead atoms. The standard InChI is InChI=1S/C35H28N6O8/c1-18-24(30(42)38(3)28-26(18)32(44)40(36-28)22-14-10-20(11-15-22)34(46)47)8-6-5-7-9-25-19(2)27-29(39(4)31(25)43)37-41(33(27)45)23-16-12-21(13-17-23)35(48)49/h5-6,8-17,36-37H,1-4H3,(H,46,47)(H,48,49). The number of aromatic carboxylic acids is 2. The number of nitrogens with zero attached hydrogens (tertiary/aromatic N) is 4. The van der Waals surface area contributed by atoms with E-state index < -0.39 is 23.1 Å². The van der Waals surface area contributed by atoms with Crippen LogP contribution in [0.4, 0.5) is 0 Å². The summed E-state index contributed by atoms with van der Waals surface area (Å²) in [4.78, 5) is 75.8. The monoisotopic (exact) mass is 660 g/mol. The number of nitrogens with one attached hydrogen (secondary N) is 2. The molecular formula is C35H28N6O8. The van der Waals surface area contributed by atoms with Gasteiger partial charge in [-0.2, -0.15) is 0 Å². The van der Waals surface area contributed by atoms with Crippen molar-refractivity contribution in [3.63, 3.8) is 0 Å². The van der Waals surface area contributed by atoms with E-state index in [1.807, 2.05) is 0 Å². The molecule has 0 saturated heterocycles. The molecule has 0 aliphatic heterocycles. The minimum Gasteiger partial charge on any atom is -0.478 e. The Hall–Kier alpha value is -6.92. The Balaban J connectivity index is 1.36. The van der Waals surface area contributed by atoms with Crippen LogP contribution in [0.2, 0.25) is 0 Å². The number of carbonyl (C=O) groups is 2. The topological polar surface area (TPSA) is 194 Å². The third kappa shape index (κ3) is 5.27. The zero-order valence-corrected chi connectivity index (χ0v) is 26.6. The molecule has 0 spiro atoms. The van der Waals surface area contributed by atoms with Gasteiger partial charge in [0.05, 0.1) is 38.8 Å². The highest BCUT2D eigenvalue weighted by atomic mass is 16.4. The fourth-order valence-electron chi connectivity index (χ4n) is 5.73. The third-order valence-corrected chi connectivity index (χ3v) is 8.47. The SMILES string of the molecule is Cc1c(C=C=CC=Cc2c(C)c3c(=O)n(-c4ccc(C(=O)O)cc4)[nH]c3n(C)c2=O)c(=O)n(C)c2[nH]n(-c3ccc(C(=O)O)cc3)c(=O)c12. The quantitative estimate of drug-likeness (QED) is 0.148. The zero-order valence-electron chi connectivity index (χ0n) is 26.6. The van der Waals surface area contributed by atoms with Crippen LogP contribution in [0.3, 0.4) is 0 Å². The van der Waals surface area contributed by atoms with Gasteiger partial charge in [0.2, 0.25) is 0 Å². The molecule has 0 atom stereocenters. The van der Waals surface area contributed by atoms with Crippen LogP contribution in [0, 0.1) is 13.8 Å². The lowest BCUT2D eigenvalue weighted by molar-refractivity contribution is 0.0686. The Bertz CT molecular complexity index is 2700. The lowest BCUT2D eigenvalue weighted by atomic mass is 10.1. The number of pyridine rings is 2. The van der Waals surface area contributed by atoms with Crippen molar-refractivity contribution in [2.75, 3.05) is 0 Å². The molecule has 49 heavy (non-hydrogen) atoms. The number of carboxylic acids is 2. The van der Waals surface area contributed by atoms with Crippen molar-refractivity contribution in [1.29, 1.82) is 0 Å². The molecule has 4 N–H and O–H groups in total. The maximum Gasteiger partial charge on any atom is 0.335 e. The number of allylic oxidation sites excluding steroid dienone is 2. The van der Waals surface area contributed by atoms with Gasteiger partial charge in [0.1, 0.15) is 11.3 Å². The van der Waals surface area contributed by atoms with Gasteiger partial charge in [-0.1, -0.05) is 6.08 Å². The first kappa shape index (κ1) is 32.0. The predicted octanol–water partition coefficient (Wildman–Crippen LogP) is 3.24. The molecule has 0 amide bonds. The van der Waals surface area contributed by atoms with Crippen LogP contribution in [0.5, 0.6) is 0 Å². The molecule has 0 unspecified atom stereocenters. The van der Waals surface area contributed by atoms with Gasteiger partial charge in [-0.25, -0.2) is 19.0 Å². The number of benzene rings is 2. The minimum absolute atomic E-state index is 0.0654. The molecule has 4 heterocycles. The van der Waals surface area contributed by atoms with Gasteiger partial charge in [-0.3, -0.25) is 38.5 Å². The second-order valence-electron chi connectivity index (χ2n) is 11.3. The molecular weight excluding hydrogens is 632 g/mol. The number of aromatic nitrogens is 6. The predicted molar refractivity (Wildman–Crippen MR) is 183 cm³/mol. The van der Waals surface area contributed by atoms with E-state index in [0.717, 1.165) is 0 Å². The highest BCUT2D eigenvalue weighted by Crippen LogP contribution is 2.19. The number of H-pyrrole nitrogens is 2.